The molecule has 1 heterocycles. The molecule has 4 rings (SSSR count). The Morgan fingerprint density at radius 2 is 1.81 bits per heavy atom. The van der Waals surface area contributed by atoms with Gasteiger partial charge in [0.05, 0.1) is 12.1 Å². The zero-order valence-electron chi connectivity index (χ0n) is 21.7. The van der Waals surface area contributed by atoms with E-state index in [9.17, 15) is 14.7 Å². The van der Waals surface area contributed by atoms with Gasteiger partial charge >= 0.3 is 0 Å². The summed E-state index contributed by atoms with van der Waals surface area (Å²) in [5, 5.41) is 17.8. The van der Waals surface area contributed by atoms with Crippen LogP contribution in [0.25, 0.3) is 0 Å². The highest BCUT2D eigenvalue weighted by atomic mass is 16.3. The molecule has 2 amide bonds. The minimum atomic E-state index is -0.719. The Morgan fingerprint density at radius 1 is 1.06 bits per heavy atom. The maximum atomic E-state index is 13.5. The Bertz CT molecular complexity index is 1020. The number of carbonyl (C=O) groups excluding carboxylic acids is 2. The second kappa shape index (κ2) is 12.5. The molecule has 36 heavy (non-hydrogen) atoms. The van der Waals surface area contributed by atoms with Gasteiger partial charge in [0.2, 0.25) is 5.91 Å². The van der Waals surface area contributed by atoms with Crippen molar-refractivity contribution < 1.29 is 14.7 Å². The van der Waals surface area contributed by atoms with Crippen LogP contribution in [0.15, 0.2) is 48.5 Å². The topological polar surface area (TPSA) is 81.7 Å². The van der Waals surface area contributed by atoms with Crippen LogP contribution in [0.3, 0.4) is 0 Å². The van der Waals surface area contributed by atoms with Gasteiger partial charge in [-0.15, -0.1) is 0 Å². The lowest BCUT2D eigenvalue weighted by Gasteiger charge is -2.29. The second-order valence-electron chi connectivity index (χ2n) is 10.7. The molecule has 1 aliphatic heterocycles. The van der Waals surface area contributed by atoms with Crippen molar-refractivity contribution in [1.29, 1.82) is 0 Å². The number of carbonyl (C=O) groups is 2. The number of benzene rings is 2. The molecule has 2 atom stereocenters. The molecule has 2 aromatic rings. The summed E-state index contributed by atoms with van der Waals surface area (Å²) < 4.78 is 0. The van der Waals surface area contributed by atoms with Crippen molar-refractivity contribution in [2.75, 3.05) is 18.0 Å². The lowest BCUT2D eigenvalue weighted by molar-refractivity contribution is -0.117. The number of anilines is 1. The maximum Gasteiger partial charge on any atom is 0.251 e. The molecule has 2 fully saturated rings. The monoisotopic (exact) mass is 491 g/mol. The number of nitrogens with one attached hydrogen (secondary N) is 2. The Hall–Kier alpha value is -2.70. The van der Waals surface area contributed by atoms with Crippen LogP contribution in [0.4, 0.5) is 5.69 Å². The summed E-state index contributed by atoms with van der Waals surface area (Å²) in [5.41, 5.74) is 3.41. The molecule has 6 nitrogen and oxygen atoms in total. The number of aliphatic hydroxyl groups is 1. The van der Waals surface area contributed by atoms with Gasteiger partial charge in [-0.1, -0.05) is 63.4 Å². The van der Waals surface area contributed by atoms with Crippen LogP contribution in [-0.2, 0) is 11.2 Å². The summed E-state index contributed by atoms with van der Waals surface area (Å²) in [5.74, 6) is 0.107. The Balaban J connectivity index is 1.52. The molecule has 0 aromatic heterocycles. The highest BCUT2D eigenvalue weighted by Gasteiger charge is 2.26. The Kier molecular flexibility index (Phi) is 9.16. The molecule has 1 saturated carbocycles. The molecule has 1 aliphatic carbocycles. The van der Waals surface area contributed by atoms with Crippen molar-refractivity contribution in [2.45, 2.75) is 89.3 Å². The normalized spacial score (nSPS) is 18.4. The summed E-state index contributed by atoms with van der Waals surface area (Å²) in [6.45, 7) is 5.31. The van der Waals surface area contributed by atoms with E-state index in [0.29, 0.717) is 37.5 Å². The molecule has 0 unspecified atom stereocenters. The molecule has 6 heteroatoms. The van der Waals surface area contributed by atoms with Crippen molar-refractivity contribution in [2.24, 2.45) is 0 Å². The minimum Gasteiger partial charge on any atom is -0.390 e. The number of hydrogen-bond acceptors (Lipinski definition) is 4. The van der Waals surface area contributed by atoms with Crippen molar-refractivity contribution in [3.05, 3.63) is 65.2 Å². The highest BCUT2D eigenvalue weighted by molar-refractivity contribution is 5.99. The SMILES string of the molecule is CC(C)c1cc(C(=O)N[C@@H](Cc2ccccc2)[C@H](O)CNC2CCCCC2)cc(N2CCCC2=O)c1. The van der Waals surface area contributed by atoms with Crippen LogP contribution >= 0.6 is 0 Å². The van der Waals surface area contributed by atoms with Crippen LogP contribution < -0.4 is 15.5 Å². The van der Waals surface area contributed by atoms with E-state index in [1.165, 1.54) is 19.3 Å². The van der Waals surface area contributed by atoms with Gasteiger partial charge in [-0.2, -0.15) is 0 Å². The third kappa shape index (κ3) is 6.95. The Labute approximate surface area is 215 Å². The molecule has 1 saturated heterocycles. The molecule has 2 aromatic carbocycles. The molecule has 0 radical (unpaired) electrons. The van der Waals surface area contributed by atoms with Gasteiger partial charge in [-0.25, -0.2) is 0 Å². The summed E-state index contributed by atoms with van der Waals surface area (Å²) in [6.07, 6.45) is 7.24. The summed E-state index contributed by atoms with van der Waals surface area (Å²) in [4.78, 5) is 27.7. The summed E-state index contributed by atoms with van der Waals surface area (Å²) >= 11 is 0. The van der Waals surface area contributed by atoms with Crippen LogP contribution in [0.2, 0.25) is 0 Å². The zero-order chi connectivity index (χ0) is 25.5. The third-order valence-corrected chi connectivity index (χ3v) is 7.55. The van der Waals surface area contributed by atoms with Crippen molar-refractivity contribution in [3.8, 4) is 0 Å². The highest BCUT2D eigenvalue weighted by Crippen LogP contribution is 2.28. The fourth-order valence-electron chi connectivity index (χ4n) is 5.32. The third-order valence-electron chi connectivity index (χ3n) is 7.55. The molecule has 0 bridgehead atoms. The van der Waals surface area contributed by atoms with Crippen LogP contribution in [0.1, 0.15) is 86.2 Å². The number of aliphatic hydroxyl groups excluding tert-OH is 1. The molecule has 2 aliphatic rings. The summed E-state index contributed by atoms with van der Waals surface area (Å²) in [7, 11) is 0. The van der Waals surface area contributed by atoms with Gasteiger partial charge in [0.1, 0.15) is 0 Å². The number of nitrogens with zero attached hydrogens (tertiary/aromatic N) is 1. The predicted molar refractivity (Wildman–Crippen MR) is 144 cm³/mol. The van der Waals surface area contributed by atoms with Gasteiger partial charge in [0, 0.05) is 36.8 Å². The van der Waals surface area contributed by atoms with Crippen LogP contribution in [0, 0.1) is 0 Å². The first-order valence-electron chi connectivity index (χ1n) is 13.6. The van der Waals surface area contributed by atoms with E-state index in [0.717, 1.165) is 36.1 Å². The first-order valence-corrected chi connectivity index (χ1v) is 13.6. The first kappa shape index (κ1) is 26.4. The van der Waals surface area contributed by atoms with Gasteiger partial charge < -0.3 is 20.6 Å². The van der Waals surface area contributed by atoms with Crippen molar-refractivity contribution >= 4 is 17.5 Å². The number of amides is 2. The van der Waals surface area contributed by atoms with Crippen molar-refractivity contribution in [1.82, 2.24) is 10.6 Å². The minimum absolute atomic E-state index is 0.105. The average Bonchev–Trinajstić information content (AvgIpc) is 3.33. The quantitative estimate of drug-likeness (QED) is 0.455. The molecular formula is C30H41N3O3. The standard InChI is InChI=1S/C30H41N3O3/c1-21(2)23-17-24(19-26(18-23)33-15-9-14-29(33)35)30(36)32-27(16-22-10-5-3-6-11-22)28(34)20-31-25-12-7-4-8-13-25/h3,5-6,10-11,17-19,21,25,27-28,31,34H,4,7-9,12-16,20H2,1-2H3,(H,32,36)/t27-,28+/m0/s1. The van der Waals surface area contributed by atoms with Crippen molar-refractivity contribution in [3.63, 3.8) is 0 Å². The lowest BCUT2D eigenvalue weighted by atomic mass is 9.94. The lowest BCUT2D eigenvalue weighted by Crippen LogP contribution is -2.50. The number of rotatable bonds is 10. The number of hydrogen-bond donors (Lipinski definition) is 3. The maximum absolute atomic E-state index is 13.5. The van der Waals surface area contributed by atoms with E-state index in [1.807, 2.05) is 48.5 Å². The smallest absolute Gasteiger partial charge is 0.251 e. The fourth-order valence-corrected chi connectivity index (χ4v) is 5.32. The van der Waals surface area contributed by atoms with Crippen LogP contribution in [0.5, 0.6) is 0 Å². The first-order chi connectivity index (χ1) is 17.4. The van der Waals surface area contributed by atoms with Gasteiger partial charge in [0.15, 0.2) is 0 Å². The zero-order valence-corrected chi connectivity index (χ0v) is 21.7. The van der Waals surface area contributed by atoms with E-state index < -0.39 is 12.1 Å². The van der Waals surface area contributed by atoms with Gasteiger partial charge in [0.25, 0.3) is 5.91 Å². The molecule has 0 spiro atoms. The average molecular weight is 492 g/mol. The Morgan fingerprint density at radius 3 is 2.47 bits per heavy atom. The molecular weight excluding hydrogens is 450 g/mol. The summed E-state index contributed by atoms with van der Waals surface area (Å²) in [6, 6.07) is 15.7. The molecule has 194 valence electrons. The van der Waals surface area contributed by atoms with Gasteiger partial charge in [-0.3, -0.25) is 9.59 Å². The van der Waals surface area contributed by atoms with E-state index in [4.69, 9.17) is 0 Å². The van der Waals surface area contributed by atoms with E-state index in [2.05, 4.69) is 24.5 Å². The largest absolute Gasteiger partial charge is 0.390 e. The van der Waals surface area contributed by atoms with E-state index >= 15 is 0 Å². The molecule has 3 N–H and O–H groups in total. The van der Waals surface area contributed by atoms with E-state index in [1.54, 1.807) is 4.90 Å². The fraction of sp³-hybridized carbons (Fsp3) is 0.533. The van der Waals surface area contributed by atoms with Crippen LogP contribution in [-0.4, -0.2) is 48.2 Å². The predicted octanol–water partition coefficient (Wildman–Crippen LogP) is 4.56. The second-order valence-corrected chi connectivity index (χ2v) is 10.7. The van der Waals surface area contributed by atoms with E-state index in [-0.39, 0.29) is 17.7 Å². The van der Waals surface area contributed by atoms with Gasteiger partial charge in [-0.05, 0) is 60.9 Å².